The minimum atomic E-state index is 0.327. The molecule has 0 atom stereocenters. The summed E-state index contributed by atoms with van der Waals surface area (Å²) in [6.07, 6.45) is 5.16. The Morgan fingerprint density at radius 3 is 2.50 bits per heavy atom. The molecule has 2 nitrogen and oxygen atoms in total. The maximum Gasteiger partial charge on any atom is 0.222 e. The molecule has 0 aromatic heterocycles. The Bertz CT molecular complexity index is 419. The Morgan fingerprint density at radius 2 is 1.83 bits per heavy atom. The van der Waals surface area contributed by atoms with Crippen molar-refractivity contribution in [2.75, 3.05) is 13.1 Å². The number of aryl methyl sites for hydroxylation is 3. The highest BCUT2D eigenvalue weighted by Crippen LogP contribution is 2.14. The Hall–Kier alpha value is -1.31. The minimum Gasteiger partial charge on any atom is -0.343 e. The average Bonchev–Trinajstić information content (AvgIpc) is 2.41. The third-order valence-electron chi connectivity index (χ3n) is 3.91. The summed E-state index contributed by atoms with van der Waals surface area (Å²) < 4.78 is 0. The number of carbonyl (C=O) groups is 1. The second-order valence-corrected chi connectivity index (χ2v) is 5.36. The Balaban J connectivity index is 1.86. The van der Waals surface area contributed by atoms with Gasteiger partial charge in [-0.15, -0.1) is 0 Å². The van der Waals surface area contributed by atoms with E-state index in [1.807, 2.05) is 4.90 Å². The van der Waals surface area contributed by atoms with Crippen molar-refractivity contribution in [1.29, 1.82) is 0 Å². The van der Waals surface area contributed by atoms with E-state index in [-0.39, 0.29) is 0 Å². The van der Waals surface area contributed by atoms with Crippen LogP contribution in [-0.2, 0) is 11.2 Å². The molecule has 1 aromatic rings. The molecule has 0 radical (unpaired) electrons. The quantitative estimate of drug-likeness (QED) is 0.800. The van der Waals surface area contributed by atoms with Gasteiger partial charge in [0.2, 0.25) is 5.91 Å². The fraction of sp³-hybridized carbons (Fsp3) is 0.562. The van der Waals surface area contributed by atoms with Crippen molar-refractivity contribution in [2.45, 2.75) is 46.0 Å². The average molecular weight is 245 g/mol. The number of rotatable bonds is 3. The monoisotopic (exact) mass is 245 g/mol. The first-order chi connectivity index (χ1) is 8.66. The number of benzene rings is 1. The van der Waals surface area contributed by atoms with Gasteiger partial charge in [0.25, 0.3) is 0 Å². The second kappa shape index (κ2) is 6.03. The molecule has 2 heteroatoms. The molecule has 1 saturated heterocycles. The van der Waals surface area contributed by atoms with Gasteiger partial charge in [-0.1, -0.05) is 18.2 Å². The van der Waals surface area contributed by atoms with Crippen LogP contribution in [0.5, 0.6) is 0 Å². The smallest absolute Gasteiger partial charge is 0.222 e. The Morgan fingerprint density at radius 1 is 1.11 bits per heavy atom. The summed E-state index contributed by atoms with van der Waals surface area (Å²) in [4.78, 5) is 14.1. The first-order valence-corrected chi connectivity index (χ1v) is 7.01. The highest BCUT2D eigenvalue weighted by molar-refractivity contribution is 5.76. The lowest BCUT2D eigenvalue weighted by atomic mass is 10.0. The van der Waals surface area contributed by atoms with Gasteiger partial charge in [0.1, 0.15) is 0 Å². The fourth-order valence-electron chi connectivity index (χ4n) is 2.51. The SMILES string of the molecule is Cc1ccc(CCC(=O)N2CCCCC2)cc1C. The fourth-order valence-corrected chi connectivity index (χ4v) is 2.51. The van der Waals surface area contributed by atoms with Crippen molar-refractivity contribution < 1.29 is 4.79 Å². The maximum atomic E-state index is 12.0. The third-order valence-corrected chi connectivity index (χ3v) is 3.91. The predicted octanol–water partition coefficient (Wildman–Crippen LogP) is 3.25. The standard InChI is InChI=1S/C16H23NO/c1-13-6-7-15(12-14(13)2)8-9-16(18)17-10-4-3-5-11-17/h6-7,12H,3-5,8-11H2,1-2H3. The Labute approximate surface area is 110 Å². The van der Waals surface area contributed by atoms with Crippen LogP contribution in [0.3, 0.4) is 0 Å². The molecule has 1 aromatic carbocycles. The molecule has 0 spiro atoms. The number of nitrogens with zero attached hydrogens (tertiary/aromatic N) is 1. The third kappa shape index (κ3) is 3.34. The van der Waals surface area contributed by atoms with E-state index in [9.17, 15) is 4.79 Å². The predicted molar refractivity (Wildman–Crippen MR) is 74.7 cm³/mol. The molecule has 0 bridgehead atoms. The van der Waals surface area contributed by atoms with Crippen LogP contribution in [0.25, 0.3) is 0 Å². The summed E-state index contributed by atoms with van der Waals surface area (Å²) in [5.41, 5.74) is 3.92. The number of carbonyl (C=O) groups excluding carboxylic acids is 1. The van der Waals surface area contributed by atoms with Gasteiger partial charge < -0.3 is 4.90 Å². The molecule has 1 aliphatic heterocycles. The van der Waals surface area contributed by atoms with Crippen LogP contribution in [0, 0.1) is 13.8 Å². The van der Waals surface area contributed by atoms with Crippen LogP contribution in [0.4, 0.5) is 0 Å². The van der Waals surface area contributed by atoms with Crippen LogP contribution < -0.4 is 0 Å². The first-order valence-electron chi connectivity index (χ1n) is 7.01. The van der Waals surface area contributed by atoms with Gasteiger partial charge in [-0.2, -0.15) is 0 Å². The van der Waals surface area contributed by atoms with E-state index in [1.165, 1.54) is 36.0 Å². The molecule has 0 saturated carbocycles. The molecule has 0 aliphatic carbocycles. The molecular weight excluding hydrogens is 222 g/mol. The van der Waals surface area contributed by atoms with Crippen molar-refractivity contribution in [3.63, 3.8) is 0 Å². The first kappa shape index (κ1) is 13.1. The summed E-state index contributed by atoms with van der Waals surface area (Å²) in [5.74, 6) is 0.327. The van der Waals surface area contributed by atoms with Crippen molar-refractivity contribution in [3.8, 4) is 0 Å². The van der Waals surface area contributed by atoms with Gasteiger partial charge in [-0.05, 0) is 56.2 Å². The molecule has 0 N–H and O–H groups in total. The molecule has 1 aliphatic rings. The van der Waals surface area contributed by atoms with Crippen LogP contribution in [0.2, 0.25) is 0 Å². The lowest BCUT2D eigenvalue weighted by molar-refractivity contribution is -0.132. The van der Waals surface area contributed by atoms with E-state index in [2.05, 4.69) is 32.0 Å². The lowest BCUT2D eigenvalue weighted by Crippen LogP contribution is -2.35. The molecular formula is C16H23NO. The Kier molecular flexibility index (Phi) is 4.40. The van der Waals surface area contributed by atoms with Crippen molar-refractivity contribution in [3.05, 3.63) is 34.9 Å². The topological polar surface area (TPSA) is 20.3 Å². The summed E-state index contributed by atoms with van der Waals surface area (Å²) in [6, 6.07) is 6.50. The minimum absolute atomic E-state index is 0.327. The molecule has 98 valence electrons. The van der Waals surface area contributed by atoms with Gasteiger partial charge in [-0.3, -0.25) is 4.79 Å². The number of piperidine rings is 1. The lowest BCUT2D eigenvalue weighted by Gasteiger charge is -2.26. The summed E-state index contributed by atoms with van der Waals surface area (Å²) >= 11 is 0. The van der Waals surface area contributed by atoms with Crippen molar-refractivity contribution in [1.82, 2.24) is 4.90 Å². The number of amides is 1. The highest BCUT2D eigenvalue weighted by Gasteiger charge is 2.15. The van der Waals surface area contributed by atoms with Crippen LogP contribution in [0.15, 0.2) is 18.2 Å². The number of hydrogen-bond donors (Lipinski definition) is 0. The zero-order chi connectivity index (χ0) is 13.0. The van der Waals surface area contributed by atoms with Crippen molar-refractivity contribution in [2.24, 2.45) is 0 Å². The van der Waals surface area contributed by atoms with Crippen LogP contribution >= 0.6 is 0 Å². The van der Waals surface area contributed by atoms with Crippen LogP contribution in [-0.4, -0.2) is 23.9 Å². The summed E-state index contributed by atoms with van der Waals surface area (Å²) in [7, 11) is 0. The van der Waals surface area contributed by atoms with E-state index >= 15 is 0 Å². The van der Waals surface area contributed by atoms with Gasteiger partial charge in [0.15, 0.2) is 0 Å². The summed E-state index contributed by atoms with van der Waals surface area (Å²) in [6.45, 7) is 6.18. The number of likely N-dealkylation sites (tertiary alicyclic amines) is 1. The van der Waals surface area contributed by atoms with E-state index in [1.54, 1.807) is 0 Å². The summed E-state index contributed by atoms with van der Waals surface area (Å²) in [5, 5.41) is 0. The zero-order valence-corrected chi connectivity index (χ0v) is 11.5. The molecule has 0 unspecified atom stereocenters. The van der Waals surface area contributed by atoms with E-state index in [4.69, 9.17) is 0 Å². The molecule has 1 amide bonds. The molecule has 18 heavy (non-hydrogen) atoms. The van der Waals surface area contributed by atoms with Gasteiger partial charge >= 0.3 is 0 Å². The normalized spacial score (nSPS) is 15.8. The zero-order valence-electron chi connectivity index (χ0n) is 11.5. The van der Waals surface area contributed by atoms with Gasteiger partial charge in [-0.25, -0.2) is 0 Å². The second-order valence-electron chi connectivity index (χ2n) is 5.36. The van der Waals surface area contributed by atoms with Gasteiger partial charge in [0, 0.05) is 19.5 Å². The molecule has 1 fully saturated rings. The van der Waals surface area contributed by atoms with E-state index in [0.29, 0.717) is 12.3 Å². The maximum absolute atomic E-state index is 12.0. The van der Waals surface area contributed by atoms with Gasteiger partial charge in [0.05, 0.1) is 0 Å². The van der Waals surface area contributed by atoms with E-state index < -0.39 is 0 Å². The number of hydrogen-bond acceptors (Lipinski definition) is 1. The van der Waals surface area contributed by atoms with Crippen LogP contribution in [0.1, 0.15) is 42.4 Å². The molecule has 2 rings (SSSR count). The molecule has 1 heterocycles. The van der Waals surface area contributed by atoms with Crippen molar-refractivity contribution >= 4 is 5.91 Å². The highest BCUT2D eigenvalue weighted by atomic mass is 16.2. The largest absolute Gasteiger partial charge is 0.343 e. The van der Waals surface area contributed by atoms with E-state index in [0.717, 1.165) is 19.5 Å².